The van der Waals surface area contributed by atoms with Gasteiger partial charge in [0, 0.05) is 31.1 Å². The number of likely N-dealkylation sites (tertiary alicyclic amines) is 1. The fourth-order valence-electron chi connectivity index (χ4n) is 3.07. The first-order valence-corrected chi connectivity index (χ1v) is 8.32. The van der Waals surface area contributed by atoms with Crippen molar-refractivity contribution < 1.29 is 9.53 Å². The molecule has 0 radical (unpaired) electrons. The summed E-state index contributed by atoms with van der Waals surface area (Å²) in [4.78, 5) is 18.4. The summed E-state index contributed by atoms with van der Waals surface area (Å²) < 4.78 is 5.33. The SMILES string of the molecule is O=C([C@@H]1CCCN(Cc2cccs2)C1)N1CCOCC1. The molecule has 0 bridgehead atoms. The van der Waals surface area contributed by atoms with Crippen LogP contribution in [0, 0.1) is 5.92 Å². The predicted molar refractivity (Wildman–Crippen MR) is 79.7 cm³/mol. The summed E-state index contributed by atoms with van der Waals surface area (Å²) >= 11 is 1.80. The Bertz CT molecular complexity index is 429. The average Bonchev–Trinajstić information content (AvgIpc) is 3.01. The standard InChI is InChI=1S/C15H22N2O2S/c18-15(17-6-8-19-9-7-17)13-3-1-5-16(11-13)12-14-4-2-10-20-14/h2,4,10,13H,1,3,5-9,11-12H2/t13-/m1/s1. The van der Waals surface area contributed by atoms with Crippen LogP contribution in [0.4, 0.5) is 0 Å². The van der Waals surface area contributed by atoms with Crippen molar-refractivity contribution in [1.29, 1.82) is 0 Å². The first kappa shape index (κ1) is 14.0. The molecule has 4 nitrogen and oxygen atoms in total. The van der Waals surface area contributed by atoms with Crippen molar-refractivity contribution in [2.24, 2.45) is 5.92 Å². The molecule has 5 heteroatoms. The Kier molecular flexibility index (Phi) is 4.70. The molecule has 0 spiro atoms. The van der Waals surface area contributed by atoms with E-state index in [9.17, 15) is 4.79 Å². The van der Waals surface area contributed by atoms with E-state index in [4.69, 9.17) is 4.74 Å². The van der Waals surface area contributed by atoms with Gasteiger partial charge in [0.2, 0.25) is 5.91 Å². The van der Waals surface area contributed by atoms with E-state index in [-0.39, 0.29) is 5.92 Å². The van der Waals surface area contributed by atoms with E-state index in [2.05, 4.69) is 22.4 Å². The van der Waals surface area contributed by atoms with Gasteiger partial charge in [0.1, 0.15) is 0 Å². The maximum Gasteiger partial charge on any atom is 0.227 e. The van der Waals surface area contributed by atoms with Gasteiger partial charge in [-0.2, -0.15) is 0 Å². The van der Waals surface area contributed by atoms with Crippen LogP contribution in [0.2, 0.25) is 0 Å². The number of ether oxygens (including phenoxy) is 1. The molecule has 0 aliphatic carbocycles. The Labute approximate surface area is 124 Å². The molecule has 1 aromatic rings. The summed E-state index contributed by atoms with van der Waals surface area (Å²) in [5.41, 5.74) is 0. The van der Waals surface area contributed by atoms with Crippen molar-refractivity contribution in [2.75, 3.05) is 39.4 Å². The van der Waals surface area contributed by atoms with Crippen molar-refractivity contribution in [3.8, 4) is 0 Å². The van der Waals surface area contributed by atoms with E-state index in [1.807, 2.05) is 4.90 Å². The molecule has 3 heterocycles. The molecule has 1 aromatic heterocycles. The van der Waals surface area contributed by atoms with Gasteiger partial charge in [0.15, 0.2) is 0 Å². The molecule has 1 atom stereocenters. The number of carbonyl (C=O) groups excluding carboxylic acids is 1. The van der Waals surface area contributed by atoms with Crippen LogP contribution < -0.4 is 0 Å². The Morgan fingerprint density at radius 1 is 1.35 bits per heavy atom. The van der Waals surface area contributed by atoms with Gasteiger partial charge in [-0.25, -0.2) is 0 Å². The van der Waals surface area contributed by atoms with Crippen molar-refractivity contribution in [2.45, 2.75) is 19.4 Å². The van der Waals surface area contributed by atoms with Crippen LogP contribution >= 0.6 is 11.3 Å². The van der Waals surface area contributed by atoms with Gasteiger partial charge in [-0.3, -0.25) is 9.69 Å². The van der Waals surface area contributed by atoms with Crippen molar-refractivity contribution in [1.82, 2.24) is 9.80 Å². The third-order valence-electron chi connectivity index (χ3n) is 4.14. The number of amides is 1. The molecule has 1 amide bonds. The fraction of sp³-hybridized carbons (Fsp3) is 0.667. The second-order valence-electron chi connectivity index (χ2n) is 5.59. The maximum absolute atomic E-state index is 12.5. The summed E-state index contributed by atoms with van der Waals surface area (Å²) in [5, 5.41) is 2.12. The number of hydrogen-bond acceptors (Lipinski definition) is 4. The highest BCUT2D eigenvalue weighted by Crippen LogP contribution is 2.22. The van der Waals surface area contributed by atoms with Crippen LogP contribution in [-0.4, -0.2) is 55.1 Å². The van der Waals surface area contributed by atoms with Crippen LogP contribution in [0.3, 0.4) is 0 Å². The minimum Gasteiger partial charge on any atom is -0.378 e. The topological polar surface area (TPSA) is 32.8 Å². The number of rotatable bonds is 3. The van der Waals surface area contributed by atoms with E-state index in [0.717, 1.165) is 45.6 Å². The molecule has 0 saturated carbocycles. The maximum atomic E-state index is 12.5. The van der Waals surface area contributed by atoms with Gasteiger partial charge in [-0.05, 0) is 30.8 Å². The molecule has 0 N–H and O–H groups in total. The first-order chi connectivity index (χ1) is 9.83. The van der Waals surface area contributed by atoms with Gasteiger partial charge in [-0.15, -0.1) is 11.3 Å². The van der Waals surface area contributed by atoms with Gasteiger partial charge in [0.05, 0.1) is 19.1 Å². The Balaban J connectivity index is 1.55. The van der Waals surface area contributed by atoms with Crippen molar-refractivity contribution in [3.63, 3.8) is 0 Å². The van der Waals surface area contributed by atoms with Crippen LogP contribution in [0.5, 0.6) is 0 Å². The zero-order chi connectivity index (χ0) is 13.8. The predicted octanol–water partition coefficient (Wildman–Crippen LogP) is 1.82. The van der Waals surface area contributed by atoms with Gasteiger partial charge in [0.25, 0.3) is 0 Å². The molecule has 2 aliphatic heterocycles. The van der Waals surface area contributed by atoms with Crippen LogP contribution in [0.25, 0.3) is 0 Å². The molecule has 2 saturated heterocycles. The van der Waals surface area contributed by atoms with Crippen LogP contribution in [0.15, 0.2) is 17.5 Å². The van der Waals surface area contributed by atoms with Crippen molar-refractivity contribution in [3.05, 3.63) is 22.4 Å². The number of piperidine rings is 1. The summed E-state index contributed by atoms with van der Waals surface area (Å²) in [7, 11) is 0. The first-order valence-electron chi connectivity index (χ1n) is 7.44. The number of carbonyl (C=O) groups is 1. The second-order valence-corrected chi connectivity index (χ2v) is 6.62. The molecule has 0 unspecified atom stereocenters. The smallest absolute Gasteiger partial charge is 0.227 e. The Morgan fingerprint density at radius 3 is 2.95 bits per heavy atom. The van der Waals surface area contributed by atoms with E-state index in [1.165, 1.54) is 4.88 Å². The second kappa shape index (κ2) is 6.70. The molecule has 0 aromatic carbocycles. The average molecular weight is 294 g/mol. The molecule has 2 fully saturated rings. The molecule has 3 rings (SSSR count). The number of hydrogen-bond donors (Lipinski definition) is 0. The van der Waals surface area contributed by atoms with Gasteiger partial charge in [-0.1, -0.05) is 6.07 Å². The zero-order valence-corrected chi connectivity index (χ0v) is 12.6. The van der Waals surface area contributed by atoms with E-state index in [1.54, 1.807) is 11.3 Å². The molecule has 20 heavy (non-hydrogen) atoms. The van der Waals surface area contributed by atoms with Gasteiger partial charge < -0.3 is 9.64 Å². The lowest BCUT2D eigenvalue weighted by Crippen LogP contribution is -2.48. The minimum absolute atomic E-state index is 0.182. The third-order valence-corrected chi connectivity index (χ3v) is 5.00. The lowest BCUT2D eigenvalue weighted by molar-refractivity contribution is -0.141. The van der Waals surface area contributed by atoms with E-state index < -0.39 is 0 Å². The third kappa shape index (κ3) is 3.40. The van der Waals surface area contributed by atoms with Crippen molar-refractivity contribution >= 4 is 17.2 Å². The normalized spacial score (nSPS) is 24.8. The summed E-state index contributed by atoms with van der Waals surface area (Å²) in [6.45, 7) is 5.93. The number of morpholine rings is 1. The lowest BCUT2D eigenvalue weighted by atomic mass is 9.96. The van der Waals surface area contributed by atoms with Crippen LogP contribution in [0.1, 0.15) is 17.7 Å². The highest BCUT2D eigenvalue weighted by molar-refractivity contribution is 7.09. The Morgan fingerprint density at radius 2 is 2.20 bits per heavy atom. The largest absolute Gasteiger partial charge is 0.378 e. The molecule has 2 aliphatic rings. The molecular formula is C15H22N2O2S. The fourth-order valence-corrected chi connectivity index (χ4v) is 3.81. The quantitative estimate of drug-likeness (QED) is 0.852. The summed E-state index contributed by atoms with van der Waals surface area (Å²) in [5.74, 6) is 0.519. The lowest BCUT2D eigenvalue weighted by Gasteiger charge is -2.36. The highest BCUT2D eigenvalue weighted by atomic mass is 32.1. The number of thiophene rings is 1. The summed E-state index contributed by atoms with van der Waals surface area (Å²) in [6.07, 6.45) is 2.17. The van der Waals surface area contributed by atoms with E-state index in [0.29, 0.717) is 19.1 Å². The Hall–Kier alpha value is -0.910. The number of nitrogens with zero attached hydrogens (tertiary/aromatic N) is 2. The molecule has 110 valence electrons. The van der Waals surface area contributed by atoms with Gasteiger partial charge >= 0.3 is 0 Å². The monoisotopic (exact) mass is 294 g/mol. The zero-order valence-electron chi connectivity index (χ0n) is 11.8. The van der Waals surface area contributed by atoms with E-state index >= 15 is 0 Å². The summed E-state index contributed by atoms with van der Waals surface area (Å²) in [6, 6.07) is 4.28. The molecular weight excluding hydrogens is 272 g/mol. The minimum atomic E-state index is 0.182. The van der Waals surface area contributed by atoms with Crippen LogP contribution in [-0.2, 0) is 16.1 Å². The highest BCUT2D eigenvalue weighted by Gasteiger charge is 2.30.